The van der Waals surface area contributed by atoms with Crippen LogP contribution >= 0.6 is 11.3 Å². The van der Waals surface area contributed by atoms with E-state index in [1.807, 2.05) is 37.3 Å². The fraction of sp³-hybridized carbons (Fsp3) is 0.167. The van der Waals surface area contributed by atoms with E-state index in [2.05, 4.69) is 29.0 Å². The third-order valence-corrected chi connectivity index (χ3v) is 5.42. The molecule has 6 heteroatoms. The number of nitrogen functional groups attached to an aromatic ring is 1. The Kier molecular flexibility index (Phi) is 3.35. The summed E-state index contributed by atoms with van der Waals surface area (Å²) in [6, 6.07) is 9.69. The number of nitrogens with zero attached hydrogens (tertiary/aromatic N) is 3. The van der Waals surface area contributed by atoms with Gasteiger partial charge in [-0.05, 0) is 44.0 Å². The van der Waals surface area contributed by atoms with Crippen LogP contribution in [0.2, 0.25) is 0 Å². The molecule has 0 fully saturated rings. The lowest BCUT2D eigenvalue weighted by molar-refractivity contribution is 0.432. The Labute approximate surface area is 143 Å². The molecule has 3 heterocycles. The number of thiophene rings is 1. The zero-order valence-corrected chi connectivity index (χ0v) is 14.4. The molecule has 0 aliphatic heterocycles. The third-order valence-electron chi connectivity index (χ3n) is 4.33. The molecule has 0 radical (unpaired) electrons. The average molecular weight is 336 g/mol. The Morgan fingerprint density at radius 3 is 2.50 bits per heavy atom. The van der Waals surface area contributed by atoms with Crippen molar-refractivity contribution in [3.8, 4) is 22.2 Å². The van der Waals surface area contributed by atoms with E-state index in [1.165, 1.54) is 11.3 Å². The van der Waals surface area contributed by atoms with Crippen molar-refractivity contribution in [3.63, 3.8) is 0 Å². The summed E-state index contributed by atoms with van der Waals surface area (Å²) >= 11 is 1.50. The van der Waals surface area contributed by atoms with Crippen LogP contribution in [0.1, 0.15) is 16.8 Å². The van der Waals surface area contributed by atoms with E-state index in [4.69, 9.17) is 10.3 Å². The van der Waals surface area contributed by atoms with Crippen LogP contribution in [-0.2, 0) is 0 Å². The summed E-state index contributed by atoms with van der Waals surface area (Å²) < 4.78 is 5.40. The zero-order valence-electron chi connectivity index (χ0n) is 13.6. The van der Waals surface area contributed by atoms with Crippen molar-refractivity contribution in [2.45, 2.75) is 20.8 Å². The minimum absolute atomic E-state index is 0.486. The molecule has 24 heavy (non-hydrogen) atoms. The first-order valence-electron chi connectivity index (χ1n) is 7.61. The van der Waals surface area contributed by atoms with Crippen molar-refractivity contribution in [2.75, 3.05) is 5.73 Å². The molecule has 0 saturated carbocycles. The van der Waals surface area contributed by atoms with Crippen LogP contribution in [0.15, 0.2) is 34.9 Å². The molecule has 4 rings (SSSR count). The summed E-state index contributed by atoms with van der Waals surface area (Å²) in [5.74, 6) is 0.989. The van der Waals surface area contributed by atoms with Gasteiger partial charge in [-0.25, -0.2) is 4.98 Å². The van der Waals surface area contributed by atoms with Gasteiger partial charge in [0.15, 0.2) is 0 Å². The van der Waals surface area contributed by atoms with Gasteiger partial charge in [0.2, 0.25) is 5.82 Å². The standard InChI is InChI=1S/C18H16N4OS/c1-9-10(2)13-14(19)15(24-18(13)20-11(9)3)16-21-17(23-22-16)12-7-5-4-6-8-12/h4-8H,19H2,1-3H3. The van der Waals surface area contributed by atoms with Gasteiger partial charge in [-0.1, -0.05) is 23.4 Å². The zero-order chi connectivity index (χ0) is 16.8. The average Bonchev–Trinajstić information content (AvgIpc) is 3.19. The molecule has 1 aromatic carbocycles. The Morgan fingerprint density at radius 1 is 1.00 bits per heavy atom. The van der Waals surface area contributed by atoms with Gasteiger partial charge in [-0.2, -0.15) is 4.98 Å². The maximum Gasteiger partial charge on any atom is 0.258 e. The molecule has 0 atom stereocenters. The van der Waals surface area contributed by atoms with Crippen molar-refractivity contribution in [3.05, 3.63) is 47.2 Å². The molecule has 0 aliphatic carbocycles. The highest BCUT2D eigenvalue weighted by Gasteiger charge is 2.20. The number of rotatable bonds is 2. The second-order valence-electron chi connectivity index (χ2n) is 5.76. The lowest BCUT2D eigenvalue weighted by atomic mass is 10.1. The van der Waals surface area contributed by atoms with Gasteiger partial charge in [0.25, 0.3) is 5.89 Å². The summed E-state index contributed by atoms with van der Waals surface area (Å²) in [6.07, 6.45) is 0. The summed E-state index contributed by atoms with van der Waals surface area (Å²) in [4.78, 5) is 10.9. The smallest absolute Gasteiger partial charge is 0.258 e. The number of aromatic nitrogens is 3. The maximum absolute atomic E-state index is 6.39. The van der Waals surface area contributed by atoms with Crippen LogP contribution in [0.4, 0.5) is 5.69 Å². The van der Waals surface area contributed by atoms with E-state index in [0.29, 0.717) is 17.4 Å². The third kappa shape index (κ3) is 2.18. The van der Waals surface area contributed by atoms with Crippen LogP contribution in [0.3, 0.4) is 0 Å². The SMILES string of the molecule is Cc1nc2sc(-c3noc(-c4ccccc4)n3)c(N)c2c(C)c1C. The molecule has 3 aromatic heterocycles. The first-order valence-corrected chi connectivity index (χ1v) is 8.43. The van der Waals surface area contributed by atoms with Crippen LogP contribution in [0.5, 0.6) is 0 Å². The molecule has 2 N–H and O–H groups in total. The quantitative estimate of drug-likeness (QED) is 0.582. The number of anilines is 1. The second-order valence-corrected chi connectivity index (χ2v) is 6.76. The molecular weight excluding hydrogens is 320 g/mol. The normalized spacial score (nSPS) is 11.3. The molecule has 5 nitrogen and oxygen atoms in total. The monoisotopic (exact) mass is 336 g/mol. The second kappa shape index (κ2) is 5.42. The summed E-state index contributed by atoms with van der Waals surface area (Å²) in [5, 5.41) is 5.10. The van der Waals surface area contributed by atoms with Crippen LogP contribution in [0, 0.1) is 20.8 Å². The highest BCUT2D eigenvalue weighted by atomic mass is 32.1. The van der Waals surface area contributed by atoms with Crippen molar-refractivity contribution >= 4 is 27.2 Å². The van der Waals surface area contributed by atoms with Gasteiger partial charge in [0.1, 0.15) is 9.71 Å². The lowest BCUT2D eigenvalue weighted by Crippen LogP contribution is -1.94. The van der Waals surface area contributed by atoms with Gasteiger partial charge in [0, 0.05) is 16.6 Å². The Morgan fingerprint density at radius 2 is 1.75 bits per heavy atom. The molecular formula is C18H16N4OS. The van der Waals surface area contributed by atoms with Gasteiger partial charge < -0.3 is 10.3 Å². The minimum Gasteiger partial charge on any atom is -0.397 e. The molecule has 0 amide bonds. The number of nitrogens with two attached hydrogens (primary N) is 1. The molecule has 4 aromatic rings. The number of benzene rings is 1. The summed E-state index contributed by atoms with van der Waals surface area (Å²) in [5.41, 5.74) is 11.3. The molecule has 0 unspecified atom stereocenters. The predicted molar refractivity (Wildman–Crippen MR) is 97.0 cm³/mol. The fourth-order valence-corrected chi connectivity index (χ4v) is 3.87. The molecule has 0 bridgehead atoms. The van der Waals surface area contributed by atoms with Crippen molar-refractivity contribution in [2.24, 2.45) is 0 Å². The fourth-order valence-electron chi connectivity index (χ4n) is 2.75. The predicted octanol–water partition coefficient (Wildman–Crippen LogP) is 4.52. The highest BCUT2D eigenvalue weighted by molar-refractivity contribution is 7.22. The topological polar surface area (TPSA) is 77.8 Å². The minimum atomic E-state index is 0.486. The van der Waals surface area contributed by atoms with Gasteiger partial charge in [-0.15, -0.1) is 11.3 Å². The number of hydrogen-bond acceptors (Lipinski definition) is 6. The van der Waals surface area contributed by atoms with E-state index in [-0.39, 0.29) is 0 Å². The van der Waals surface area contributed by atoms with E-state index < -0.39 is 0 Å². The molecule has 0 saturated heterocycles. The van der Waals surface area contributed by atoms with E-state index in [1.54, 1.807) is 0 Å². The van der Waals surface area contributed by atoms with Crippen LogP contribution < -0.4 is 5.73 Å². The number of pyridine rings is 1. The van der Waals surface area contributed by atoms with Gasteiger partial charge in [-0.3, -0.25) is 0 Å². The first-order chi connectivity index (χ1) is 11.6. The van der Waals surface area contributed by atoms with Gasteiger partial charge >= 0.3 is 0 Å². The largest absolute Gasteiger partial charge is 0.397 e. The van der Waals surface area contributed by atoms with Crippen molar-refractivity contribution in [1.82, 2.24) is 15.1 Å². The van der Waals surface area contributed by atoms with Crippen molar-refractivity contribution in [1.29, 1.82) is 0 Å². The summed E-state index contributed by atoms with van der Waals surface area (Å²) in [6.45, 7) is 6.15. The highest BCUT2D eigenvalue weighted by Crippen LogP contribution is 2.41. The number of hydrogen-bond donors (Lipinski definition) is 1. The van der Waals surface area contributed by atoms with Gasteiger partial charge in [0.05, 0.1) is 5.69 Å². The number of aryl methyl sites for hydroxylation is 2. The Bertz CT molecular complexity index is 1050. The maximum atomic E-state index is 6.39. The lowest BCUT2D eigenvalue weighted by Gasteiger charge is -2.05. The van der Waals surface area contributed by atoms with E-state index in [0.717, 1.165) is 37.5 Å². The van der Waals surface area contributed by atoms with Crippen molar-refractivity contribution < 1.29 is 4.52 Å². The van der Waals surface area contributed by atoms with E-state index >= 15 is 0 Å². The molecule has 120 valence electrons. The van der Waals surface area contributed by atoms with Crippen LogP contribution in [-0.4, -0.2) is 15.1 Å². The Hall–Kier alpha value is -2.73. The van der Waals surface area contributed by atoms with Crippen LogP contribution in [0.25, 0.3) is 32.4 Å². The molecule has 0 spiro atoms. The summed E-state index contributed by atoms with van der Waals surface area (Å²) in [7, 11) is 0. The molecule has 0 aliphatic rings. The van der Waals surface area contributed by atoms with E-state index in [9.17, 15) is 0 Å². The Balaban J connectivity index is 1.88. The number of fused-ring (bicyclic) bond motifs is 1. The first kappa shape index (κ1) is 14.8.